The predicted octanol–water partition coefficient (Wildman–Crippen LogP) is 1.21. The van der Waals surface area contributed by atoms with E-state index in [0.29, 0.717) is 19.0 Å². The van der Waals surface area contributed by atoms with Crippen LogP contribution in [0.2, 0.25) is 0 Å². The number of nitrogens with zero attached hydrogens (tertiary/aromatic N) is 2. The van der Waals surface area contributed by atoms with Gasteiger partial charge in [0.2, 0.25) is 5.91 Å². The normalized spacial score (nSPS) is 18.1. The highest BCUT2D eigenvalue weighted by molar-refractivity contribution is 7.99. The molecule has 1 amide bonds. The molecular weight excluding hydrogens is 308 g/mol. The van der Waals surface area contributed by atoms with Crippen molar-refractivity contribution in [2.75, 3.05) is 24.6 Å². The summed E-state index contributed by atoms with van der Waals surface area (Å²) in [7, 11) is 1.96. The van der Waals surface area contributed by atoms with Gasteiger partial charge < -0.3 is 10.6 Å². The van der Waals surface area contributed by atoms with Crippen LogP contribution in [0, 0.1) is 13.8 Å². The number of halogens is 1. The molecule has 1 fully saturated rings. The van der Waals surface area contributed by atoms with Crippen molar-refractivity contribution in [1.29, 1.82) is 0 Å². The Kier molecular flexibility index (Phi) is 7.56. The Morgan fingerprint density at radius 3 is 2.86 bits per heavy atom. The Hall–Kier alpha value is -0.720. The molecule has 0 spiro atoms. The fourth-order valence-electron chi connectivity index (χ4n) is 2.55. The monoisotopic (exact) mass is 332 g/mol. The van der Waals surface area contributed by atoms with E-state index in [2.05, 4.69) is 22.7 Å². The van der Waals surface area contributed by atoms with E-state index in [0.717, 1.165) is 30.2 Å². The van der Waals surface area contributed by atoms with Gasteiger partial charge in [0.1, 0.15) is 0 Å². The first-order chi connectivity index (χ1) is 9.58. The van der Waals surface area contributed by atoms with Crippen molar-refractivity contribution in [3.05, 3.63) is 17.0 Å². The Bertz CT molecular complexity index is 472. The Morgan fingerprint density at radius 1 is 1.52 bits per heavy atom. The lowest BCUT2D eigenvalue weighted by Gasteiger charge is -2.22. The average Bonchev–Trinajstić information content (AvgIpc) is 2.66. The quantitative estimate of drug-likeness (QED) is 0.851. The topological polar surface area (TPSA) is 59.0 Å². The molecule has 1 atom stereocenters. The van der Waals surface area contributed by atoms with Crippen LogP contribution >= 0.6 is 24.2 Å². The van der Waals surface area contributed by atoms with Crippen molar-refractivity contribution in [3.8, 4) is 0 Å². The van der Waals surface area contributed by atoms with Crippen LogP contribution in [-0.4, -0.2) is 46.3 Å². The first-order valence-corrected chi connectivity index (χ1v) is 8.30. The molecule has 1 unspecified atom stereocenters. The Labute approximate surface area is 137 Å². The number of carbonyl (C=O) groups is 1. The second kappa shape index (κ2) is 8.66. The maximum Gasteiger partial charge on any atom is 0.221 e. The minimum Gasteiger partial charge on any atom is -0.356 e. The smallest absolute Gasteiger partial charge is 0.221 e. The van der Waals surface area contributed by atoms with Gasteiger partial charge in [-0.2, -0.15) is 16.9 Å². The number of aryl methyl sites for hydroxylation is 2. The molecule has 21 heavy (non-hydrogen) atoms. The molecule has 1 aromatic rings. The van der Waals surface area contributed by atoms with Crippen LogP contribution in [0.4, 0.5) is 0 Å². The van der Waals surface area contributed by atoms with Crippen molar-refractivity contribution >= 4 is 30.1 Å². The number of rotatable bonds is 5. The number of hydrogen-bond acceptors (Lipinski definition) is 4. The summed E-state index contributed by atoms with van der Waals surface area (Å²) < 4.78 is 1.90. The van der Waals surface area contributed by atoms with Crippen molar-refractivity contribution in [2.24, 2.45) is 7.05 Å². The highest BCUT2D eigenvalue weighted by Crippen LogP contribution is 2.12. The summed E-state index contributed by atoms with van der Waals surface area (Å²) in [5.41, 5.74) is 3.49. The molecule has 2 heterocycles. The van der Waals surface area contributed by atoms with E-state index >= 15 is 0 Å². The molecule has 2 rings (SSSR count). The molecule has 1 aromatic heterocycles. The van der Waals surface area contributed by atoms with Crippen molar-refractivity contribution in [2.45, 2.75) is 32.7 Å². The van der Waals surface area contributed by atoms with Gasteiger partial charge in [-0.1, -0.05) is 0 Å². The van der Waals surface area contributed by atoms with Gasteiger partial charge in [0, 0.05) is 49.8 Å². The highest BCUT2D eigenvalue weighted by Gasteiger charge is 2.16. The van der Waals surface area contributed by atoms with E-state index in [1.807, 2.05) is 30.4 Å². The first-order valence-electron chi connectivity index (χ1n) is 7.15. The second-order valence-corrected chi connectivity index (χ2v) is 6.45. The number of carbonyl (C=O) groups excluding carboxylic acids is 1. The van der Waals surface area contributed by atoms with Gasteiger partial charge >= 0.3 is 0 Å². The molecule has 2 N–H and O–H groups in total. The fourth-order valence-corrected chi connectivity index (χ4v) is 3.50. The van der Waals surface area contributed by atoms with Gasteiger partial charge in [0.05, 0.1) is 5.69 Å². The van der Waals surface area contributed by atoms with E-state index in [1.165, 1.54) is 11.3 Å². The zero-order chi connectivity index (χ0) is 14.5. The average molecular weight is 333 g/mol. The van der Waals surface area contributed by atoms with E-state index in [1.54, 1.807) is 0 Å². The Balaban J connectivity index is 0.00000220. The zero-order valence-electron chi connectivity index (χ0n) is 12.9. The van der Waals surface area contributed by atoms with Crippen LogP contribution in [0.1, 0.15) is 23.4 Å². The van der Waals surface area contributed by atoms with Gasteiger partial charge in [0.15, 0.2) is 0 Å². The SMILES string of the molecule is Cc1nn(C)c(C)c1CCNC(=O)CC1CSCCN1.Cl. The fraction of sp³-hybridized carbons (Fsp3) is 0.714. The number of amides is 1. The molecular formula is C14H25ClN4OS. The maximum absolute atomic E-state index is 11.9. The van der Waals surface area contributed by atoms with E-state index in [4.69, 9.17) is 0 Å². The summed E-state index contributed by atoms with van der Waals surface area (Å²) in [6, 6.07) is 0.329. The maximum atomic E-state index is 11.9. The first kappa shape index (κ1) is 18.3. The minimum absolute atomic E-state index is 0. The molecule has 1 aliphatic rings. The molecule has 1 saturated heterocycles. The summed E-state index contributed by atoms with van der Waals surface area (Å²) >= 11 is 1.92. The van der Waals surface area contributed by atoms with Crippen LogP contribution < -0.4 is 10.6 Å². The predicted molar refractivity (Wildman–Crippen MR) is 90.4 cm³/mol. The molecule has 5 nitrogen and oxygen atoms in total. The molecule has 0 aliphatic carbocycles. The molecule has 120 valence electrons. The van der Waals surface area contributed by atoms with Crippen molar-refractivity contribution < 1.29 is 4.79 Å². The summed E-state index contributed by atoms with van der Waals surface area (Å²) in [4.78, 5) is 11.9. The van der Waals surface area contributed by atoms with Crippen LogP contribution in [-0.2, 0) is 18.3 Å². The van der Waals surface area contributed by atoms with Crippen molar-refractivity contribution in [1.82, 2.24) is 20.4 Å². The van der Waals surface area contributed by atoms with E-state index in [9.17, 15) is 4.79 Å². The van der Waals surface area contributed by atoms with E-state index in [-0.39, 0.29) is 18.3 Å². The third-order valence-electron chi connectivity index (χ3n) is 3.79. The lowest BCUT2D eigenvalue weighted by Crippen LogP contribution is -2.41. The number of aromatic nitrogens is 2. The van der Waals surface area contributed by atoms with Gasteiger partial charge in [-0.05, 0) is 25.8 Å². The molecule has 0 saturated carbocycles. The standard InChI is InChI=1S/C14H24N4OS.ClH/c1-10-13(11(2)18(3)17-10)4-5-16-14(19)8-12-9-20-7-6-15-12;/h12,15H,4-9H2,1-3H3,(H,16,19);1H. The Morgan fingerprint density at radius 2 is 2.29 bits per heavy atom. The third kappa shape index (κ3) is 5.20. The lowest BCUT2D eigenvalue weighted by molar-refractivity contribution is -0.121. The molecule has 1 aliphatic heterocycles. The van der Waals surface area contributed by atoms with Gasteiger partial charge in [-0.15, -0.1) is 12.4 Å². The number of nitrogens with one attached hydrogen (secondary N) is 2. The number of hydrogen-bond donors (Lipinski definition) is 2. The van der Waals surface area contributed by atoms with Crippen LogP contribution in [0.15, 0.2) is 0 Å². The minimum atomic E-state index is 0. The third-order valence-corrected chi connectivity index (χ3v) is 4.92. The van der Waals surface area contributed by atoms with Crippen molar-refractivity contribution in [3.63, 3.8) is 0 Å². The van der Waals surface area contributed by atoms with Gasteiger partial charge in [0.25, 0.3) is 0 Å². The van der Waals surface area contributed by atoms with Crippen LogP contribution in [0.5, 0.6) is 0 Å². The molecule has 0 aromatic carbocycles. The van der Waals surface area contributed by atoms with Crippen LogP contribution in [0.3, 0.4) is 0 Å². The summed E-state index contributed by atoms with van der Waals surface area (Å²) in [6.07, 6.45) is 1.43. The molecule has 0 bridgehead atoms. The summed E-state index contributed by atoms with van der Waals surface area (Å²) in [5.74, 6) is 2.33. The summed E-state index contributed by atoms with van der Waals surface area (Å²) in [5, 5.41) is 10.8. The number of thioether (sulfide) groups is 1. The lowest BCUT2D eigenvalue weighted by atomic mass is 10.1. The van der Waals surface area contributed by atoms with Gasteiger partial charge in [-0.25, -0.2) is 0 Å². The van der Waals surface area contributed by atoms with Crippen LogP contribution in [0.25, 0.3) is 0 Å². The largest absolute Gasteiger partial charge is 0.356 e. The van der Waals surface area contributed by atoms with E-state index < -0.39 is 0 Å². The summed E-state index contributed by atoms with van der Waals surface area (Å²) in [6.45, 7) is 5.79. The van der Waals surface area contributed by atoms with Gasteiger partial charge in [-0.3, -0.25) is 9.48 Å². The molecule has 7 heteroatoms. The zero-order valence-corrected chi connectivity index (χ0v) is 14.6. The second-order valence-electron chi connectivity index (χ2n) is 5.30. The highest BCUT2D eigenvalue weighted by atomic mass is 35.5. The molecule has 0 radical (unpaired) electrons.